The van der Waals surface area contributed by atoms with Crippen LogP contribution in [0.4, 0.5) is 5.82 Å². The van der Waals surface area contributed by atoms with Crippen LogP contribution in [0.25, 0.3) is 0 Å². The summed E-state index contributed by atoms with van der Waals surface area (Å²) in [5.74, 6) is 0.476. The highest BCUT2D eigenvalue weighted by atomic mass is 16.1. The fourth-order valence-corrected chi connectivity index (χ4v) is 3.11. The molecule has 2 N–H and O–H groups in total. The summed E-state index contributed by atoms with van der Waals surface area (Å²) in [6.45, 7) is 6.42. The second-order valence-corrected chi connectivity index (χ2v) is 6.17. The summed E-state index contributed by atoms with van der Waals surface area (Å²) in [5, 5.41) is 6.26. The highest BCUT2D eigenvalue weighted by Crippen LogP contribution is 2.16. The first-order valence-electron chi connectivity index (χ1n) is 8.49. The van der Waals surface area contributed by atoms with E-state index in [1.807, 2.05) is 36.4 Å². The number of nitrogens with zero attached hydrogens (tertiary/aromatic N) is 2. The van der Waals surface area contributed by atoms with E-state index < -0.39 is 0 Å². The maximum absolute atomic E-state index is 12.6. The van der Waals surface area contributed by atoms with Gasteiger partial charge in [0.05, 0.1) is 0 Å². The number of piperazine rings is 1. The van der Waals surface area contributed by atoms with Gasteiger partial charge in [0.1, 0.15) is 5.82 Å². The molecule has 1 unspecified atom stereocenters. The van der Waals surface area contributed by atoms with Crippen molar-refractivity contribution in [3.63, 3.8) is 0 Å². The number of aromatic nitrogens is 1. The summed E-state index contributed by atoms with van der Waals surface area (Å²) in [6.07, 6.45) is 2.54. The molecular weight excluding hydrogens is 300 g/mol. The van der Waals surface area contributed by atoms with E-state index in [4.69, 9.17) is 0 Å². The van der Waals surface area contributed by atoms with Crippen molar-refractivity contribution in [3.8, 4) is 0 Å². The van der Waals surface area contributed by atoms with E-state index in [9.17, 15) is 4.79 Å². The highest BCUT2D eigenvalue weighted by molar-refractivity contribution is 6.04. The lowest BCUT2D eigenvalue weighted by Crippen LogP contribution is -2.48. The third kappa shape index (κ3) is 4.19. The third-order valence-corrected chi connectivity index (χ3v) is 4.46. The average molecular weight is 324 g/mol. The molecule has 1 amide bonds. The Kier molecular flexibility index (Phi) is 5.56. The van der Waals surface area contributed by atoms with Crippen molar-refractivity contribution in [2.24, 2.45) is 0 Å². The molecule has 5 nitrogen and oxygen atoms in total. The van der Waals surface area contributed by atoms with Gasteiger partial charge in [0, 0.05) is 44.0 Å². The van der Waals surface area contributed by atoms with Crippen molar-refractivity contribution in [2.75, 3.05) is 31.5 Å². The number of carbonyl (C=O) groups excluding carboxylic acids is 1. The zero-order chi connectivity index (χ0) is 16.8. The number of amides is 1. The van der Waals surface area contributed by atoms with Crippen LogP contribution < -0.4 is 10.6 Å². The van der Waals surface area contributed by atoms with Crippen LogP contribution >= 0.6 is 0 Å². The fourth-order valence-electron chi connectivity index (χ4n) is 3.11. The topological polar surface area (TPSA) is 57.3 Å². The van der Waals surface area contributed by atoms with Crippen molar-refractivity contribution < 1.29 is 4.79 Å². The Morgan fingerprint density at radius 3 is 2.71 bits per heavy atom. The van der Waals surface area contributed by atoms with Gasteiger partial charge >= 0.3 is 0 Å². The molecule has 0 radical (unpaired) electrons. The molecule has 1 aliphatic rings. The van der Waals surface area contributed by atoms with Gasteiger partial charge in [-0.05, 0) is 37.1 Å². The highest BCUT2D eigenvalue weighted by Gasteiger charge is 2.19. The number of anilines is 1. The number of nitrogens with one attached hydrogen (secondary N) is 2. The Hall–Kier alpha value is -2.24. The van der Waals surface area contributed by atoms with E-state index in [1.165, 1.54) is 0 Å². The van der Waals surface area contributed by atoms with Gasteiger partial charge < -0.3 is 10.6 Å². The number of carbonyl (C=O) groups is 1. The molecule has 0 saturated carbocycles. The second-order valence-electron chi connectivity index (χ2n) is 6.17. The van der Waals surface area contributed by atoms with Crippen molar-refractivity contribution in [1.82, 2.24) is 15.2 Å². The van der Waals surface area contributed by atoms with Gasteiger partial charge in [-0.1, -0.05) is 24.3 Å². The molecule has 1 aliphatic heterocycles. The van der Waals surface area contributed by atoms with Crippen LogP contribution in [0.1, 0.15) is 22.8 Å². The summed E-state index contributed by atoms with van der Waals surface area (Å²) in [5.41, 5.74) is 1.81. The zero-order valence-corrected chi connectivity index (χ0v) is 14.0. The summed E-state index contributed by atoms with van der Waals surface area (Å²) in [7, 11) is 0. The number of pyridine rings is 1. The number of rotatable bonds is 5. The summed E-state index contributed by atoms with van der Waals surface area (Å²) in [6, 6.07) is 13.7. The predicted molar refractivity (Wildman–Crippen MR) is 96.2 cm³/mol. The molecule has 3 rings (SSSR count). The quantitative estimate of drug-likeness (QED) is 0.885. The maximum atomic E-state index is 12.6. The van der Waals surface area contributed by atoms with Crippen LogP contribution in [0.15, 0.2) is 48.7 Å². The predicted octanol–water partition coefficient (Wildman–Crippen LogP) is 2.17. The Bertz CT molecular complexity index is 668. The van der Waals surface area contributed by atoms with Gasteiger partial charge in [-0.2, -0.15) is 0 Å². The Morgan fingerprint density at radius 1 is 1.21 bits per heavy atom. The van der Waals surface area contributed by atoms with Crippen LogP contribution in [0.5, 0.6) is 0 Å². The van der Waals surface area contributed by atoms with Gasteiger partial charge in [0.2, 0.25) is 0 Å². The molecule has 2 aromatic rings. The molecule has 2 heterocycles. The van der Waals surface area contributed by atoms with Gasteiger partial charge in [0.15, 0.2) is 0 Å². The fraction of sp³-hybridized carbons (Fsp3) is 0.368. The van der Waals surface area contributed by atoms with Gasteiger partial charge in [-0.15, -0.1) is 0 Å². The second kappa shape index (κ2) is 8.04. The molecule has 24 heavy (non-hydrogen) atoms. The van der Waals surface area contributed by atoms with Gasteiger partial charge in [-0.3, -0.25) is 9.69 Å². The molecule has 0 spiro atoms. The first-order chi connectivity index (χ1) is 11.7. The Morgan fingerprint density at radius 2 is 1.96 bits per heavy atom. The van der Waals surface area contributed by atoms with Crippen LogP contribution in [0.2, 0.25) is 0 Å². The average Bonchev–Trinajstić information content (AvgIpc) is 2.63. The minimum Gasteiger partial charge on any atom is -0.314 e. The van der Waals surface area contributed by atoms with E-state index in [1.54, 1.807) is 12.3 Å². The molecule has 0 bridgehead atoms. The molecule has 1 saturated heterocycles. The first kappa shape index (κ1) is 16.6. The largest absolute Gasteiger partial charge is 0.314 e. The normalized spacial score (nSPS) is 16.5. The van der Waals surface area contributed by atoms with Crippen LogP contribution in [0.3, 0.4) is 0 Å². The van der Waals surface area contributed by atoms with Crippen LogP contribution in [0, 0.1) is 0 Å². The summed E-state index contributed by atoms with van der Waals surface area (Å²) < 4.78 is 0. The SMILES string of the molecule is CC(Cc1ccccc1C(=O)Nc1ccccn1)N1CCNCC1. The minimum absolute atomic E-state index is 0.100. The number of benzene rings is 1. The molecular formula is C19H24N4O. The Labute approximate surface area is 143 Å². The van der Waals surface area contributed by atoms with E-state index in [2.05, 4.69) is 27.4 Å². The molecule has 0 aliphatic carbocycles. The first-order valence-corrected chi connectivity index (χ1v) is 8.49. The summed E-state index contributed by atoms with van der Waals surface area (Å²) >= 11 is 0. The third-order valence-electron chi connectivity index (χ3n) is 4.46. The number of hydrogen-bond acceptors (Lipinski definition) is 4. The molecule has 1 atom stereocenters. The molecule has 5 heteroatoms. The van der Waals surface area contributed by atoms with E-state index in [-0.39, 0.29) is 5.91 Å². The lowest BCUT2D eigenvalue weighted by molar-refractivity contribution is 0.102. The van der Waals surface area contributed by atoms with Crippen LogP contribution in [-0.2, 0) is 6.42 Å². The molecule has 1 aromatic carbocycles. The van der Waals surface area contributed by atoms with Crippen molar-refractivity contribution in [1.29, 1.82) is 0 Å². The van der Waals surface area contributed by atoms with Crippen molar-refractivity contribution >= 4 is 11.7 Å². The van der Waals surface area contributed by atoms with Gasteiger partial charge in [0.25, 0.3) is 5.91 Å². The van der Waals surface area contributed by atoms with Crippen molar-refractivity contribution in [3.05, 3.63) is 59.8 Å². The maximum Gasteiger partial charge on any atom is 0.257 e. The summed E-state index contributed by atoms with van der Waals surface area (Å²) in [4.78, 5) is 19.3. The van der Waals surface area contributed by atoms with Gasteiger partial charge in [-0.25, -0.2) is 4.98 Å². The standard InChI is InChI=1S/C19H24N4O/c1-15(23-12-10-20-11-13-23)14-16-6-2-3-7-17(16)19(24)22-18-8-4-5-9-21-18/h2-9,15,20H,10-14H2,1H3,(H,21,22,24). The lowest BCUT2D eigenvalue weighted by Gasteiger charge is -2.33. The van der Waals surface area contributed by atoms with Crippen molar-refractivity contribution in [2.45, 2.75) is 19.4 Å². The number of hydrogen-bond donors (Lipinski definition) is 2. The van der Waals surface area contributed by atoms with E-state index >= 15 is 0 Å². The van der Waals surface area contributed by atoms with E-state index in [0.29, 0.717) is 11.9 Å². The Balaban J connectivity index is 1.71. The monoisotopic (exact) mass is 324 g/mol. The molecule has 1 aromatic heterocycles. The van der Waals surface area contributed by atoms with Crippen LogP contribution in [-0.4, -0.2) is 48.0 Å². The lowest BCUT2D eigenvalue weighted by atomic mass is 9.99. The van der Waals surface area contributed by atoms with E-state index in [0.717, 1.165) is 43.7 Å². The zero-order valence-electron chi connectivity index (χ0n) is 14.0. The molecule has 126 valence electrons. The molecule has 1 fully saturated rings. The smallest absolute Gasteiger partial charge is 0.257 e. The minimum atomic E-state index is -0.100.